The van der Waals surface area contributed by atoms with E-state index in [0.717, 1.165) is 12.8 Å². The van der Waals surface area contributed by atoms with Crippen LogP contribution in [-0.2, 0) is 16.4 Å². The van der Waals surface area contributed by atoms with Gasteiger partial charge in [0.15, 0.2) is 0 Å². The van der Waals surface area contributed by atoms with Crippen LogP contribution in [0.15, 0.2) is 23.1 Å². The van der Waals surface area contributed by atoms with Gasteiger partial charge in [-0.1, -0.05) is 13.0 Å². The Kier molecular flexibility index (Phi) is 4.36. The Morgan fingerprint density at radius 3 is 2.52 bits per heavy atom. The summed E-state index contributed by atoms with van der Waals surface area (Å²) in [6, 6.07) is 4.11. The molecule has 21 heavy (non-hydrogen) atoms. The number of aryl methyl sites for hydroxylation is 1. The zero-order valence-electron chi connectivity index (χ0n) is 11.8. The van der Waals surface area contributed by atoms with Gasteiger partial charge in [-0.25, -0.2) is 17.9 Å². The first-order valence-electron chi connectivity index (χ1n) is 6.80. The molecule has 1 saturated carbocycles. The van der Waals surface area contributed by atoms with E-state index in [1.807, 2.05) is 6.92 Å². The van der Waals surface area contributed by atoms with E-state index >= 15 is 0 Å². The van der Waals surface area contributed by atoms with Crippen molar-refractivity contribution in [3.8, 4) is 0 Å². The first kappa shape index (κ1) is 15.9. The second kappa shape index (κ2) is 5.75. The Labute approximate surface area is 123 Å². The van der Waals surface area contributed by atoms with Gasteiger partial charge in [0.25, 0.3) is 0 Å². The van der Waals surface area contributed by atoms with Crippen LogP contribution in [-0.4, -0.2) is 37.8 Å². The van der Waals surface area contributed by atoms with Crippen molar-refractivity contribution in [2.75, 3.05) is 13.2 Å². The lowest BCUT2D eigenvalue weighted by Gasteiger charge is -2.15. The SMILES string of the molecule is CCc1ccc(C(=O)O)cc1S(=O)(=O)NCC1(CO)CC1. The minimum absolute atomic E-state index is 0.00126. The topological polar surface area (TPSA) is 104 Å². The highest BCUT2D eigenvalue weighted by molar-refractivity contribution is 7.89. The second-order valence-electron chi connectivity index (χ2n) is 5.46. The molecule has 0 heterocycles. The fourth-order valence-corrected chi connectivity index (χ4v) is 3.61. The number of sulfonamides is 1. The number of carbonyl (C=O) groups is 1. The quantitative estimate of drug-likeness (QED) is 0.696. The Morgan fingerprint density at radius 1 is 1.38 bits per heavy atom. The van der Waals surface area contributed by atoms with Crippen LogP contribution in [0.5, 0.6) is 0 Å². The zero-order valence-corrected chi connectivity index (χ0v) is 12.6. The average Bonchev–Trinajstić information content (AvgIpc) is 3.25. The van der Waals surface area contributed by atoms with E-state index in [0.29, 0.717) is 12.0 Å². The van der Waals surface area contributed by atoms with Crippen molar-refractivity contribution >= 4 is 16.0 Å². The molecule has 1 aliphatic rings. The molecule has 0 atom stereocenters. The van der Waals surface area contributed by atoms with E-state index in [2.05, 4.69) is 4.72 Å². The molecule has 0 amide bonds. The van der Waals surface area contributed by atoms with Crippen molar-refractivity contribution in [2.45, 2.75) is 31.1 Å². The Bertz CT molecular complexity index is 649. The highest BCUT2D eigenvalue weighted by Crippen LogP contribution is 2.44. The first-order valence-corrected chi connectivity index (χ1v) is 8.29. The average molecular weight is 313 g/mol. The third-order valence-corrected chi connectivity index (χ3v) is 5.40. The van der Waals surface area contributed by atoms with Gasteiger partial charge >= 0.3 is 5.97 Å². The molecule has 7 heteroatoms. The van der Waals surface area contributed by atoms with Gasteiger partial charge < -0.3 is 10.2 Å². The van der Waals surface area contributed by atoms with Crippen molar-refractivity contribution in [3.05, 3.63) is 29.3 Å². The summed E-state index contributed by atoms with van der Waals surface area (Å²) in [5, 5.41) is 18.2. The van der Waals surface area contributed by atoms with Gasteiger partial charge in [0.05, 0.1) is 10.5 Å². The second-order valence-corrected chi connectivity index (χ2v) is 7.20. The largest absolute Gasteiger partial charge is 0.478 e. The van der Waals surface area contributed by atoms with Crippen LogP contribution in [0.4, 0.5) is 0 Å². The summed E-state index contributed by atoms with van der Waals surface area (Å²) < 4.78 is 27.3. The smallest absolute Gasteiger partial charge is 0.335 e. The highest BCUT2D eigenvalue weighted by Gasteiger charge is 2.42. The van der Waals surface area contributed by atoms with Crippen molar-refractivity contribution in [1.29, 1.82) is 0 Å². The molecule has 1 aliphatic carbocycles. The van der Waals surface area contributed by atoms with Crippen molar-refractivity contribution in [1.82, 2.24) is 4.72 Å². The highest BCUT2D eigenvalue weighted by atomic mass is 32.2. The number of benzene rings is 1. The number of aliphatic hydroxyl groups excluding tert-OH is 1. The molecule has 0 radical (unpaired) electrons. The number of carboxylic acids is 1. The predicted molar refractivity (Wildman–Crippen MR) is 76.7 cm³/mol. The van der Waals surface area contributed by atoms with Crippen molar-refractivity contribution in [3.63, 3.8) is 0 Å². The molecular weight excluding hydrogens is 294 g/mol. The van der Waals surface area contributed by atoms with Gasteiger partial charge in [0.1, 0.15) is 0 Å². The van der Waals surface area contributed by atoms with Crippen LogP contribution in [0.1, 0.15) is 35.7 Å². The molecule has 0 saturated heterocycles. The van der Waals surface area contributed by atoms with Gasteiger partial charge in [-0.3, -0.25) is 0 Å². The molecule has 0 aromatic heterocycles. The van der Waals surface area contributed by atoms with Crippen LogP contribution in [0.25, 0.3) is 0 Å². The Balaban J connectivity index is 2.29. The lowest BCUT2D eigenvalue weighted by atomic mass is 10.1. The molecule has 2 rings (SSSR count). The molecule has 0 unspecified atom stereocenters. The van der Waals surface area contributed by atoms with Crippen LogP contribution in [0.2, 0.25) is 0 Å². The molecule has 1 aromatic carbocycles. The Hall–Kier alpha value is -1.44. The van der Waals surface area contributed by atoms with Crippen molar-refractivity contribution in [2.24, 2.45) is 5.41 Å². The molecule has 0 bridgehead atoms. The number of hydrogen-bond acceptors (Lipinski definition) is 4. The molecular formula is C14H19NO5S. The van der Waals surface area contributed by atoms with Gasteiger partial charge in [-0.2, -0.15) is 0 Å². The van der Waals surface area contributed by atoms with Crippen LogP contribution in [0, 0.1) is 5.41 Å². The summed E-state index contributed by atoms with van der Waals surface area (Å²) in [5.74, 6) is -1.16. The summed E-state index contributed by atoms with van der Waals surface area (Å²) in [4.78, 5) is 11.0. The summed E-state index contributed by atoms with van der Waals surface area (Å²) >= 11 is 0. The van der Waals surface area contributed by atoms with E-state index in [1.54, 1.807) is 0 Å². The number of aliphatic hydroxyl groups is 1. The molecule has 6 nitrogen and oxygen atoms in total. The molecule has 0 aliphatic heterocycles. The molecule has 116 valence electrons. The predicted octanol–water partition coefficient (Wildman–Crippen LogP) is 0.998. The maximum absolute atomic E-state index is 12.4. The maximum atomic E-state index is 12.4. The minimum atomic E-state index is -3.79. The Morgan fingerprint density at radius 2 is 2.05 bits per heavy atom. The number of rotatable bonds is 7. The fourth-order valence-electron chi connectivity index (χ4n) is 2.12. The van der Waals surface area contributed by atoms with Crippen LogP contribution in [0.3, 0.4) is 0 Å². The van der Waals surface area contributed by atoms with E-state index in [9.17, 15) is 18.3 Å². The van der Waals surface area contributed by atoms with Gasteiger partial charge in [0, 0.05) is 18.6 Å². The molecule has 0 spiro atoms. The number of nitrogens with one attached hydrogen (secondary N) is 1. The molecule has 1 fully saturated rings. The van der Waals surface area contributed by atoms with Gasteiger partial charge in [0.2, 0.25) is 10.0 Å². The summed E-state index contributed by atoms with van der Waals surface area (Å²) in [5.41, 5.74) is 0.168. The summed E-state index contributed by atoms with van der Waals surface area (Å²) in [6.45, 7) is 1.93. The lowest BCUT2D eigenvalue weighted by Crippen LogP contribution is -2.32. The standard InChI is InChI=1S/C14H19NO5S/c1-2-10-3-4-11(13(17)18)7-12(10)21(19,20)15-8-14(9-16)5-6-14/h3-4,7,15-16H,2,5-6,8-9H2,1H3,(H,17,18). The zero-order chi connectivity index (χ0) is 15.7. The van der Waals surface area contributed by atoms with Gasteiger partial charge in [-0.15, -0.1) is 0 Å². The van der Waals surface area contributed by atoms with Crippen LogP contribution < -0.4 is 4.72 Å². The number of hydrogen-bond donors (Lipinski definition) is 3. The van der Waals surface area contributed by atoms with Crippen LogP contribution >= 0.6 is 0 Å². The molecule has 1 aromatic rings. The summed E-state index contributed by atoms with van der Waals surface area (Å²) in [7, 11) is -3.79. The van der Waals surface area contributed by atoms with E-state index in [4.69, 9.17) is 5.11 Å². The normalized spacial score (nSPS) is 16.7. The van der Waals surface area contributed by atoms with E-state index < -0.39 is 16.0 Å². The number of carboxylic acid groups (broad SMARTS) is 1. The number of aromatic carboxylic acids is 1. The lowest BCUT2D eigenvalue weighted by molar-refractivity contribution is 0.0696. The minimum Gasteiger partial charge on any atom is -0.478 e. The maximum Gasteiger partial charge on any atom is 0.335 e. The first-order chi connectivity index (χ1) is 9.83. The third kappa shape index (κ3) is 3.42. The molecule has 3 N–H and O–H groups in total. The fraction of sp³-hybridized carbons (Fsp3) is 0.500. The third-order valence-electron chi connectivity index (χ3n) is 3.91. The van der Waals surface area contributed by atoms with Gasteiger partial charge in [-0.05, 0) is 37.0 Å². The van der Waals surface area contributed by atoms with Crippen molar-refractivity contribution < 1.29 is 23.4 Å². The van der Waals surface area contributed by atoms with E-state index in [-0.39, 0.29) is 29.0 Å². The summed E-state index contributed by atoms with van der Waals surface area (Å²) in [6.07, 6.45) is 2.07. The van der Waals surface area contributed by atoms with E-state index in [1.165, 1.54) is 18.2 Å². The monoisotopic (exact) mass is 313 g/mol.